The largest absolute Gasteiger partial charge is 0.507 e. The monoisotopic (exact) mass is 422 g/mol. The quantitative estimate of drug-likeness (QED) is 0.248. The van der Waals surface area contributed by atoms with E-state index in [0.29, 0.717) is 5.75 Å². The number of aromatic hydroxyl groups is 1. The van der Waals surface area contributed by atoms with Gasteiger partial charge >= 0.3 is 0 Å². The first-order valence-corrected chi connectivity index (χ1v) is 12.8. The fourth-order valence-electron chi connectivity index (χ4n) is 4.97. The first-order chi connectivity index (χ1) is 15.2. The van der Waals surface area contributed by atoms with Crippen LogP contribution < -0.4 is 4.74 Å². The Balaban J connectivity index is 1.66. The number of phenols is 1. The van der Waals surface area contributed by atoms with E-state index in [1.54, 1.807) is 7.11 Å². The average Bonchev–Trinajstić information content (AvgIpc) is 2.77. The molecule has 1 aliphatic rings. The second-order valence-corrected chi connectivity index (χ2v) is 9.21. The Kier molecular flexibility index (Phi) is 9.31. The van der Waals surface area contributed by atoms with Crippen LogP contribution in [0.1, 0.15) is 102 Å². The van der Waals surface area contributed by atoms with Crippen LogP contribution in [0.3, 0.4) is 0 Å². The van der Waals surface area contributed by atoms with E-state index in [1.807, 2.05) is 0 Å². The van der Waals surface area contributed by atoms with Crippen LogP contribution in [0.5, 0.6) is 11.5 Å². The number of ether oxygens (including phenoxy) is 1. The zero-order chi connectivity index (χ0) is 22.1. The summed E-state index contributed by atoms with van der Waals surface area (Å²) in [6.45, 7) is 4.52. The van der Waals surface area contributed by atoms with E-state index in [2.05, 4.69) is 38.1 Å². The van der Waals surface area contributed by atoms with Gasteiger partial charge < -0.3 is 9.84 Å². The van der Waals surface area contributed by atoms with E-state index in [0.717, 1.165) is 41.7 Å². The molecule has 2 heteroatoms. The number of hydrogen-bond acceptors (Lipinski definition) is 2. The SMILES string of the molecule is CCCCCCCCc1ccc2c(c1O)-c1c-2ccc(CCCCCCCC)c1OC. The summed E-state index contributed by atoms with van der Waals surface area (Å²) in [5.74, 6) is 1.46. The van der Waals surface area contributed by atoms with Gasteiger partial charge in [-0.05, 0) is 47.9 Å². The summed E-state index contributed by atoms with van der Waals surface area (Å²) in [7, 11) is 1.77. The van der Waals surface area contributed by atoms with Crippen LogP contribution in [-0.2, 0) is 12.8 Å². The molecule has 0 amide bonds. The molecule has 0 saturated heterocycles. The number of rotatable bonds is 15. The maximum atomic E-state index is 11.1. The Labute approximate surface area is 190 Å². The normalized spacial score (nSPS) is 11.7. The van der Waals surface area contributed by atoms with Gasteiger partial charge in [0.05, 0.1) is 7.11 Å². The molecule has 0 heterocycles. The molecule has 0 aromatic heterocycles. The molecule has 0 spiro atoms. The zero-order valence-corrected chi connectivity index (χ0v) is 20.1. The summed E-state index contributed by atoms with van der Waals surface area (Å²) >= 11 is 0. The number of phenolic OH excluding ortho intramolecular Hbond substituents is 1. The molecule has 2 aromatic rings. The Bertz CT molecular complexity index is 837. The molecule has 0 saturated carbocycles. The van der Waals surface area contributed by atoms with Crippen LogP contribution in [0.25, 0.3) is 22.3 Å². The Hall–Kier alpha value is -1.96. The maximum Gasteiger partial charge on any atom is 0.130 e. The molecule has 0 atom stereocenters. The molecule has 0 radical (unpaired) electrons. The molecule has 0 unspecified atom stereocenters. The fraction of sp³-hybridized carbons (Fsp3) is 0.586. The van der Waals surface area contributed by atoms with Gasteiger partial charge in [-0.2, -0.15) is 0 Å². The number of fused-ring (bicyclic) bond motifs is 4. The highest BCUT2D eigenvalue weighted by Gasteiger charge is 2.31. The van der Waals surface area contributed by atoms with Crippen LogP contribution in [0.2, 0.25) is 0 Å². The third-order valence-electron chi connectivity index (χ3n) is 6.84. The van der Waals surface area contributed by atoms with E-state index in [9.17, 15) is 5.11 Å². The number of aryl methyl sites for hydroxylation is 2. The van der Waals surface area contributed by atoms with Gasteiger partial charge in [0.25, 0.3) is 0 Å². The van der Waals surface area contributed by atoms with Crippen LogP contribution in [-0.4, -0.2) is 12.2 Å². The fourth-order valence-corrected chi connectivity index (χ4v) is 4.97. The maximum absolute atomic E-state index is 11.1. The minimum Gasteiger partial charge on any atom is -0.507 e. The molecule has 170 valence electrons. The highest BCUT2D eigenvalue weighted by atomic mass is 16.5. The first-order valence-electron chi connectivity index (χ1n) is 12.8. The first kappa shape index (κ1) is 23.7. The van der Waals surface area contributed by atoms with E-state index >= 15 is 0 Å². The van der Waals surface area contributed by atoms with Crippen molar-refractivity contribution in [3.05, 3.63) is 35.4 Å². The van der Waals surface area contributed by atoms with Gasteiger partial charge in [-0.25, -0.2) is 0 Å². The Morgan fingerprint density at radius 1 is 0.613 bits per heavy atom. The van der Waals surface area contributed by atoms with Crippen molar-refractivity contribution in [3.8, 4) is 33.8 Å². The van der Waals surface area contributed by atoms with Crippen molar-refractivity contribution in [2.75, 3.05) is 7.11 Å². The number of benzene rings is 2. The minimum absolute atomic E-state index is 0.480. The lowest BCUT2D eigenvalue weighted by atomic mass is 9.76. The zero-order valence-electron chi connectivity index (χ0n) is 20.1. The molecule has 0 aliphatic heterocycles. The van der Waals surface area contributed by atoms with Gasteiger partial charge in [0, 0.05) is 11.1 Å². The second-order valence-electron chi connectivity index (χ2n) is 9.21. The number of methoxy groups -OCH3 is 1. The highest BCUT2D eigenvalue weighted by Crippen LogP contribution is 2.57. The van der Waals surface area contributed by atoms with Crippen molar-refractivity contribution in [2.24, 2.45) is 0 Å². The summed E-state index contributed by atoms with van der Waals surface area (Å²) < 4.78 is 5.88. The molecule has 1 aliphatic carbocycles. The van der Waals surface area contributed by atoms with Gasteiger partial charge in [-0.15, -0.1) is 0 Å². The van der Waals surface area contributed by atoms with Crippen molar-refractivity contribution in [1.82, 2.24) is 0 Å². The smallest absolute Gasteiger partial charge is 0.130 e. The second kappa shape index (κ2) is 12.2. The number of unbranched alkanes of at least 4 members (excludes halogenated alkanes) is 10. The molecule has 0 fully saturated rings. The van der Waals surface area contributed by atoms with Gasteiger partial charge in [0.1, 0.15) is 11.5 Å². The van der Waals surface area contributed by atoms with Gasteiger partial charge in [0.15, 0.2) is 0 Å². The third-order valence-corrected chi connectivity index (χ3v) is 6.84. The predicted molar refractivity (Wildman–Crippen MR) is 133 cm³/mol. The van der Waals surface area contributed by atoms with Crippen molar-refractivity contribution in [2.45, 2.75) is 104 Å². The lowest BCUT2D eigenvalue weighted by Gasteiger charge is -2.29. The van der Waals surface area contributed by atoms with Crippen LogP contribution >= 0.6 is 0 Å². The minimum atomic E-state index is 0.480. The Morgan fingerprint density at radius 2 is 1.10 bits per heavy atom. The molecule has 1 N–H and O–H groups in total. The standard InChI is InChI=1S/C29H42O2/c1-4-6-8-10-12-14-16-22-18-20-24-25-21-19-23(17-15-13-11-9-7-5-2)29(31-3)27(25)26(24)28(22)30/h18-21,30H,4-17H2,1-3H3. The molecule has 31 heavy (non-hydrogen) atoms. The third kappa shape index (κ3) is 5.64. The lowest BCUT2D eigenvalue weighted by Crippen LogP contribution is -2.06. The molecule has 3 rings (SSSR count). The molecular weight excluding hydrogens is 380 g/mol. The van der Waals surface area contributed by atoms with Crippen molar-refractivity contribution < 1.29 is 9.84 Å². The summed E-state index contributed by atoms with van der Waals surface area (Å²) in [6.07, 6.45) is 17.5. The summed E-state index contributed by atoms with van der Waals surface area (Å²) in [4.78, 5) is 0. The van der Waals surface area contributed by atoms with E-state index in [-0.39, 0.29) is 0 Å². The molecule has 2 aromatic carbocycles. The van der Waals surface area contributed by atoms with Crippen molar-refractivity contribution >= 4 is 0 Å². The highest BCUT2D eigenvalue weighted by molar-refractivity contribution is 6.08. The molecule has 2 nitrogen and oxygen atoms in total. The predicted octanol–water partition coefficient (Wildman–Crippen LogP) is 8.85. The lowest BCUT2D eigenvalue weighted by molar-refractivity contribution is 0.409. The van der Waals surface area contributed by atoms with Crippen molar-refractivity contribution in [3.63, 3.8) is 0 Å². The average molecular weight is 423 g/mol. The van der Waals surface area contributed by atoms with E-state index in [1.165, 1.54) is 87.3 Å². The van der Waals surface area contributed by atoms with Gasteiger partial charge in [0.2, 0.25) is 0 Å². The summed E-state index contributed by atoms with van der Waals surface area (Å²) in [6, 6.07) is 8.77. The van der Waals surface area contributed by atoms with Gasteiger partial charge in [-0.1, -0.05) is 102 Å². The van der Waals surface area contributed by atoms with Crippen LogP contribution in [0.4, 0.5) is 0 Å². The van der Waals surface area contributed by atoms with E-state index in [4.69, 9.17) is 4.74 Å². The van der Waals surface area contributed by atoms with E-state index < -0.39 is 0 Å². The molecular formula is C29H42O2. The Morgan fingerprint density at radius 3 is 1.68 bits per heavy atom. The number of hydrogen-bond donors (Lipinski definition) is 1. The van der Waals surface area contributed by atoms with Gasteiger partial charge in [-0.3, -0.25) is 0 Å². The van der Waals surface area contributed by atoms with Crippen LogP contribution in [0, 0.1) is 0 Å². The van der Waals surface area contributed by atoms with Crippen molar-refractivity contribution in [1.29, 1.82) is 0 Å². The van der Waals surface area contributed by atoms with Crippen LogP contribution in [0.15, 0.2) is 24.3 Å². The topological polar surface area (TPSA) is 29.5 Å². The molecule has 0 bridgehead atoms. The summed E-state index contributed by atoms with van der Waals surface area (Å²) in [5, 5.41) is 11.1. The summed E-state index contributed by atoms with van der Waals surface area (Å²) in [5.41, 5.74) is 6.90.